The molecule has 0 aliphatic carbocycles. The number of esters is 1. The normalized spacial score (nSPS) is 11.3. The predicted molar refractivity (Wildman–Crippen MR) is 86.5 cm³/mol. The zero-order valence-electron chi connectivity index (χ0n) is 13.1. The van der Waals surface area contributed by atoms with Crippen LogP contribution in [0.4, 0.5) is 0 Å². The van der Waals surface area contributed by atoms with Gasteiger partial charge >= 0.3 is 5.97 Å². The molecule has 116 valence electrons. The van der Waals surface area contributed by atoms with Gasteiger partial charge in [0.05, 0.1) is 6.42 Å². The molecule has 4 heteroatoms. The lowest BCUT2D eigenvalue weighted by Gasteiger charge is -2.21. The monoisotopic (exact) mass is 310 g/mol. The molecule has 0 spiro atoms. The van der Waals surface area contributed by atoms with E-state index in [1.807, 2.05) is 27.7 Å². The van der Waals surface area contributed by atoms with Gasteiger partial charge in [-0.2, -0.15) is 0 Å². The van der Waals surface area contributed by atoms with Gasteiger partial charge in [0.25, 0.3) is 0 Å². The number of aliphatic hydroxyl groups is 1. The Balaban J connectivity index is 3.16. The van der Waals surface area contributed by atoms with Crippen molar-refractivity contribution in [3.8, 4) is 0 Å². The molecule has 0 radical (unpaired) electrons. The van der Waals surface area contributed by atoms with Crippen LogP contribution in [-0.2, 0) is 22.4 Å². The molecule has 1 N–H and O–H groups in total. The Kier molecular flexibility index (Phi) is 5.99. The van der Waals surface area contributed by atoms with E-state index in [0.29, 0.717) is 11.4 Å². The Hall–Kier alpha value is -1.32. The Morgan fingerprint density at radius 1 is 1.33 bits per heavy atom. The van der Waals surface area contributed by atoms with Gasteiger partial charge in [-0.05, 0) is 62.9 Å². The van der Waals surface area contributed by atoms with E-state index in [1.54, 1.807) is 12.1 Å². The fourth-order valence-electron chi connectivity index (χ4n) is 2.26. The zero-order valence-corrected chi connectivity index (χ0v) is 13.9. The third-order valence-electron chi connectivity index (χ3n) is 2.83. The van der Waals surface area contributed by atoms with Crippen LogP contribution in [0.1, 0.15) is 44.4 Å². The molecule has 0 heterocycles. The summed E-state index contributed by atoms with van der Waals surface area (Å²) in [4.78, 5) is 12.0. The van der Waals surface area contributed by atoms with Crippen LogP contribution in [0.5, 0.6) is 0 Å². The number of rotatable bonds is 5. The molecule has 0 saturated heterocycles. The van der Waals surface area contributed by atoms with Crippen LogP contribution in [-0.4, -0.2) is 23.3 Å². The highest BCUT2D eigenvalue weighted by molar-refractivity contribution is 6.30. The third-order valence-corrected chi connectivity index (χ3v) is 3.05. The molecule has 0 unspecified atom stereocenters. The van der Waals surface area contributed by atoms with E-state index >= 15 is 0 Å². The first-order valence-corrected chi connectivity index (χ1v) is 7.31. The van der Waals surface area contributed by atoms with Crippen LogP contribution in [0.3, 0.4) is 0 Å². The van der Waals surface area contributed by atoms with E-state index in [9.17, 15) is 9.90 Å². The zero-order chi connectivity index (χ0) is 16.2. The first kappa shape index (κ1) is 17.7. The van der Waals surface area contributed by atoms with Gasteiger partial charge in [-0.3, -0.25) is 4.79 Å². The van der Waals surface area contributed by atoms with E-state index in [4.69, 9.17) is 16.3 Å². The number of hydrogen-bond acceptors (Lipinski definition) is 3. The van der Waals surface area contributed by atoms with Gasteiger partial charge in [0, 0.05) is 11.6 Å². The van der Waals surface area contributed by atoms with Crippen molar-refractivity contribution in [1.82, 2.24) is 0 Å². The Morgan fingerprint density at radius 3 is 2.38 bits per heavy atom. The van der Waals surface area contributed by atoms with Crippen LogP contribution in [0.2, 0.25) is 5.02 Å². The van der Waals surface area contributed by atoms with Crippen LogP contribution in [0, 0.1) is 0 Å². The lowest BCUT2D eigenvalue weighted by Crippen LogP contribution is -2.25. The summed E-state index contributed by atoms with van der Waals surface area (Å²) in [7, 11) is 0. The van der Waals surface area contributed by atoms with Crippen molar-refractivity contribution < 1.29 is 14.6 Å². The number of ether oxygens (including phenoxy) is 1. The number of allylic oxidation sites excluding steroid dienone is 1. The molecule has 1 rings (SSSR count). The molecule has 1 aromatic rings. The minimum Gasteiger partial charge on any atom is -0.460 e. The van der Waals surface area contributed by atoms with Gasteiger partial charge in [0.2, 0.25) is 0 Å². The molecule has 0 atom stereocenters. The number of carbonyl (C=O) groups excluding carboxylic acids is 1. The van der Waals surface area contributed by atoms with Crippen molar-refractivity contribution in [3.63, 3.8) is 0 Å². The smallest absolute Gasteiger partial charge is 0.310 e. The van der Waals surface area contributed by atoms with Gasteiger partial charge in [-0.25, -0.2) is 0 Å². The van der Waals surface area contributed by atoms with Gasteiger partial charge in [-0.1, -0.05) is 23.8 Å². The van der Waals surface area contributed by atoms with Crippen molar-refractivity contribution in [2.24, 2.45) is 0 Å². The van der Waals surface area contributed by atoms with Crippen LogP contribution in [0.15, 0.2) is 18.7 Å². The average molecular weight is 311 g/mol. The molecule has 0 aliphatic heterocycles. The number of carbonyl (C=O) groups is 1. The highest BCUT2D eigenvalue weighted by atomic mass is 35.5. The number of halogens is 1. The second-order valence-corrected chi connectivity index (χ2v) is 6.55. The summed E-state index contributed by atoms with van der Waals surface area (Å²) in [6, 6.07) is 3.57. The fourth-order valence-corrected chi connectivity index (χ4v) is 2.53. The summed E-state index contributed by atoms with van der Waals surface area (Å²) in [5.41, 5.74) is 2.89. The molecule has 0 bridgehead atoms. The highest BCUT2D eigenvalue weighted by Gasteiger charge is 2.19. The standard InChI is InChI=1S/C17H23ClO3/c1-11(2)16-12(6-7-19)8-14(18)9-13(16)10-15(20)21-17(3,4)5/h8-9,19H,1,6-7,10H2,2-5H3. The van der Waals surface area contributed by atoms with E-state index in [0.717, 1.165) is 22.3 Å². The first-order chi connectivity index (χ1) is 9.64. The predicted octanol–water partition coefficient (Wildman–Crippen LogP) is 3.79. The lowest BCUT2D eigenvalue weighted by molar-refractivity contribution is -0.153. The first-order valence-electron chi connectivity index (χ1n) is 6.94. The van der Waals surface area contributed by atoms with Crippen molar-refractivity contribution in [3.05, 3.63) is 40.4 Å². The van der Waals surface area contributed by atoms with Crippen LogP contribution >= 0.6 is 11.6 Å². The molecule has 0 aliphatic rings. The maximum absolute atomic E-state index is 12.0. The Bertz CT molecular complexity index is 542. The van der Waals surface area contributed by atoms with Gasteiger partial charge in [0.1, 0.15) is 5.60 Å². The molecule has 0 amide bonds. The van der Waals surface area contributed by atoms with Gasteiger partial charge in [-0.15, -0.1) is 0 Å². The minimum absolute atomic E-state index is 0.0203. The molecule has 3 nitrogen and oxygen atoms in total. The minimum atomic E-state index is -0.521. The molecular formula is C17H23ClO3. The summed E-state index contributed by atoms with van der Waals surface area (Å²) in [6.45, 7) is 11.4. The maximum atomic E-state index is 12.0. The molecular weight excluding hydrogens is 288 g/mol. The van der Waals surface area contributed by atoms with Crippen molar-refractivity contribution in [2.75, 3.05) is 6.61 Å². The van der Waals surface area contributed by atoms with Crippen LogP contribution in [0.25, 0.3) is 5.57 Å². The number of benzene rings is 1. The van der Waals surface area contributed by atoms with Gasteiger partial charge in [0.15, 0.2) is 0 Å². The van der Waals surface area contributed by atoms with Crippen molar-refractivity contribution in [1.29, 1.82) is 0 Å². The van der Waals surface area contributed by atoms with Crippen LogP contribution < -0.4 is 0 Å². The number of aliphatic hydroxyl groups excluding tert-OH is 1. The summed E-state index contributed by atoms with van der Waals surface area (Å²) in [5, 5.41) is 9.72. The molecule has 0 aromatic heterocycles. The molecule has 0 saturated carbocycles. The Morgan fingerprint density at radius 2 is 1.90 bits per heavy atom. The largest absolute Gasteiger partial charge is 0.460 e. The van der Waals surface area contributed by atoms with Gasteiger partial charge < -0.3 is 9.84 Å². The van der Waals surface area contributed by atoms with Crippen molar-refractivity contribution >= 4 is 23.1 Å². The fraction of sp³-hybridized carbons (Fsp3) is 0.471. The SMILES string of the molecule is C=C(C)c1c(CCO)cc(Cl)cc1CC(=O)OC(C)(C)C. The number of hydrogen-bond donors (Lipinski definition) is 1. The quantitative estimate of drug-likeness (QED) is 0.842. The second kappa shape index (κ2) is 7.10. The maximum Gasteiger partial charge on any atom is 0.310 e. The topological polar surface area (TPSA) is 46.5 Å². The van der Waals surface area contributed by atoms with E-state index < -0.39 is 5.60 Å². The van der Waals surface area contributed by atoms with E-state index in [2.05, 4.69) is 6.58 Å². The summed E-state index contributed by atoms with van der Waals surface area (Å²) in [5.74, 6) is -0.304. The lowest BCUT2D eigenvalue weighted by atomic mass is 9.92. The average Bonchev–Trinajstić information content (AvgIpc) is 2.24. The van der Waals surface area contributed by atoms with E-state index in [1.165, 1.54) is 0 Å². The van der Waals surface area contributed by atoms with E-state index in [-0.39, 0.29) is 19.0 Å². The molecule has 21 heavy (non-hydrogen) atoms. The summed E-state index contributed by atoms with van der Waals surface area (Å²) < 4.78 is 5.36. The van der Waals surface area contributed by atoms with Crippen molar-refractivity contribution in [2.45, 2.75) is 46.1 Å². The molecule has 1 aromatic carbocycles. The second-order valence-electron chi connectivity index (χ2n) is 6.12. The summed E-state index contributed by atoms with van der Waals surface area (Å²) >= 11 is 6.12. The Labute approximate surface area is 131 Å². The summed E-state index contributed by atoms with van der Waals surface area (Å²) in [6.07, 6.45) is 0.614. The highest BCUT2D eigenvalue weighted by Crippen LogP contribution is 2.28. The third kappa shape index (κ3) is 5.52. The molecule has 0 fully saturated rings.